The minimum atomic E-state index is -1.17. The monoisotopic (exact) mass is 293 g/mol. The van der Waals surface area contributed by atoms with E-state index in [1.54, 1.807) is 0 Å². The van der Waals surface area contributed by atoms with E-state index in [-0.39, 0.29) is 17.3 Å². The number of carboxylic acid groups (broad SMARTS) is 1. The largest absolute Gasteiger partial charge is 0.478 e. The lowest BCUT2D eigenvalue weighted by atomic mass is 10.1. The van der Waals surface area contributed by atoms with Gasteiger partial charge in [0, 0.05) is 18.7 Å². The number of likely N-dealkylation sites (tertiary alicyclic amines) is 1. The number of carboxylic acids is 1. The van der Waals surface area contributed by atoms with Crippen molar-refractivity contribution in [3.63, 3.8) is 0 Å². The molecule has 0 aromatic heterocycles. The SMILES string of the molecule is CC(CN1CCCC1)Nc1ccc(C(=O)O)cc1[N+](=O)[O-]. The van der Waals surface area contributed by atoms with E-state index in [1.807, 2.05) is 6.92 Å². The van der Waals surface area contributed by atoms with Crippen molar-refractivity contribution in [3.8, 4) is 0 Å². The summed E-state index contributed by atoms with van der Waals surface area (Å²) in [6.45, 7) is 4.91. The molecule has 7 nitrogen and oxygen atoms in total. The second-order valence-electron chi connectivity index (χ2n) is 5.35. The summed E-state index contributed by atoms with van der Waals surface area (Å²) in [7, 11) is 0. The molecular formula is C14H19N3O4. The number of aromatic carboxylic acids is 1. The second kappa shape index (κ2) is 6.53. The molecule has 0 aliphatic carbocycles. The molecule has 0 radical (unpaired) electrons. The van der Waals surface area contributed by atoms with E-state index in [1.165, 1.54) is 25.0 Å². The fourth-order valence-corrected chi connectivity index (χ4v) is 2.60. The number of anilines is 1. The fourth-order valence-electron chi connectivity index (χ4n) is 2.60. The predicted molar refractivity (Wildman–Crippen MR) is 78.8 cm³/mol. The third kappa shape index (κ3) is 3.91. The molecule has 0 saturated carbocycles. The Bertz CT molecular complexity index is 541. The van der Waals surface area contributed by atoms with Gasteiger partial charge < -0.3 is 15.3 Å². The third-order valence-corrected chi connectivity index (χ3v) is 3.57. The molecule has 0 amide bonds. The number of carbonyl (C=O) groups is 1. The smallest absolute Gasteiger partial charge is 0.335 e. The highest BCUT2D eigenvalue weighted by Crippen LogP contribution is 2.26. The zero-order valence-corrected chi connectivity index (χ0v) is 11.9. The highest BCUT2D eigenvalue weighted by atomic mass is 16.6. The van der Waals surface area contributed by atoms with Crippen molar-refractivity contribution in [3.05, 3.63) is 33.9 Å². The molecule has 2 N–H and O–H groups in total. The summed E-state index contributed by atoms with van der Waals surface area (Å²) in [4.78, 5) is 23.7. The van der Waals surface area contributed by atoms with Crippen LogP contribution in [0, 0.1) is 10.1 Å². The maximum atomic E-state index is 11.1. The average molecular weight is 293 g/mol. The van der Waals surface area contributed by atoms with Gasteiger partial charge in [0.15, 0.2) is 0 Å². The van der Waals surface area contributed by atoms with Crippen molar-refractivity contribution in [1.29, 1.82) is 0 Å². The number of nitrogens with one attached hydrogen (secondary N) is 1. The van der Waals surface area contributed by atoms with Crippen LogP contribution in [0.15, 0.2) is 18.2 Å². The van der Waals surface area contributed by atoms with Crippen LogP contribution in [0.3, 0.4) is 0 Å². The molecular weight excluding hydrogens is 274 g/mol. The van der Waals surface area contributed by atoms with Crippen LogP contribution in [0.4, 0.5) is 11.4 Å². The summed E-state index contributed by atoms with van der Waals surface area (Å²) in [5.41, 5.74) is 0.0688. The van der Waals surface area contributed by atoms with E-state index in [9.17, 15) is 14.9 Å². The van der Waals surface area contributed by atoms with Gasteiger partial charge in [-0.1, -0.05) is 0 Å². The standard InChI is InChI=1S/C14H19N3O4/c1-10(9-16-6-2-3-7-16)15-12-5-4-11(14(18)19)8-13(12)17(20)21/h4-5,8,10,15H,2-3,6-7,9H2,1H3,(H,18,19). The molecule has 7 heteroatoms. The van der Waals surface area contributed by atoms with Crippen molar-refractivity contribution in [1.82, 2.24) is 4.90 Å². The van der Waals surface area contributed by atoms with Crippen LogP contribution < -0.4 is 5.32 Å². The molecule has 2 rings (SSSR count). The molecule has 1 aliphatic heterocycles. The van der Waals surface area contributed by atoms with Gasteiger partial charge in [-0.25, -0.2) is 4.79 Å². The van der Waals surface area contributed by atoms with Gasteiger partial charge in [-0.2, -0.15) is 0 Å². The van der Waals surface area contributed by atoms with Gasteiger partial charge >= 0.3 is 5.97 Å². The van der Waals surface area contributed by atoms with Gasteiger partial charge in [0.2, 0.25) is 0 Å². The Balaban J connectivity index is 2.10. The maximum Gasteiger partial charge on any atom is 0.335 e. The van der Waals surface area contributed by atoms with Crippen LogP contribution in [0.25, 0.3) is 0 Å². The molecule has 0 bridgehead atoms. The Hall–Kier alpha value is -2.15. The summed E-state index contributed by atoms with van der Waals surface area (Å²) in [6.07, 6.45) is 2.39. The van der Waals surface area contributed by atoms with Crippen molar-refractivity contribution < 1.29 is 14.8 Å². The number of nitro groups is 1. The molecule has 1 atom stereocenters. The van der Waals surface area contributed by atoms with E-state index in [0.29, 0.717) is 5.69 Å². The molecule has 1 aromatic rings. The Morgan fingerprint density at radius 1 is 1.48 bits per heavy atom. The van der Waals surface area contributed by atoms with Gasteiger partial charge in [-0.15, -0.1) is 0 Å². The first-order chi connectivity index (χ1) is 9.97. The Morgan fingerprint density at radius 3 is 2.71 bits per heavy atom. The van der Waals surface area contributed by atoms with Crippen LogP contribution >= 0.6 is 0 Å². The summed E-state index contributed by atoms with van der Waals surface area (Å²) in [6, 6.07) is 3.98. The number of nitrogens with zero attached hydrogens (tertiary/aromatic N) is 2. The summed E-state index contributed by atoms with van der Waals surface area (Å²) in [5, 5.41) is 23.1. The molecule has 114 valence electrons. The number of hydrogen-bond donors (Lipinski definition) is 2. The first-order valence-electron chi connectivity index (χ1n) is 6.98. The van der Waals surface area contributed by atoms with Crippen molar-refractivity contribution in [2.24, 2.45) is 0 Å². The van der Waals surface area contributed by atoms with E-state index in [2.05, 4.69) is 10.2 Å². The highest BCUT2D eigenvalue weighted by molar-refractivity contribution is 5.89. The molecule has 21 heavy (non-hydrogen) atoms. The van der Waals surface area contributed by atoms with Gasteiger partial charge in [-0.05, 0) is 45.0 Å². The van der Waals surface area contributed by atoms with Crippen LogP contribution in [-0.2, 0) is 0 Å². The third-order valence-electron chi connectivity index (χ3n) is 3.57. The van der Waals surface area contributed by atoms with Crippen LogP contribution in [-0.4, -0.2) is 46.6 Å². The zero-order valence-electron chi connectivity index (χ0n) is 11.9. The summed E-state index contributed by atoms with van der Waals surface area (Å²) < 4.78 is 0. The summed E-state index contributed by atoms with van der Waals surface area (Å²) in [5.74, 6) is -1.17. The van der Waals surface area contributed by atoms with E-state index < -0.39 is 10.9 Å². The van der Waals surface area contributed by atoms with Crippen molar-refractivity contribution >= 4 is 17.3 Å². The lowest BCUT2D eigenvalue weighted by Gasteiger charge is -2.22. The molecule has 1 unspecified atom stereocenters. The Labute approximate surface area is 122 Å². The maximum absolute atomic E-state index is 11.1. The quantitative estimate of drug-likeness (QED) is 0.616. The van der Waals surface area contributed by atoms with E-state index in [4.69, 9.17) is 5.11 Å². The molecule has 0 spiro atoms. The minimum absolute atomic E-state index is 0.0532. The molecule has 1 heterocycles. The lowest BCUT2D eigenvalue weighted by molar-refractivity contribution is -0.384. The fraction of sp³-hybridized carbons (Fsp3) is 0.500. The van der Waals surface area contributed by atoms with Crippen molar-refractivity contribution in [2.45, 2.75) is 25.8 Å². The first kappa shape index (κ1) is 15.2. The zero-order chi connectivity index (χ0) is 15.4. The average Bonchev–Trinajstić information content (AvgIpc) is 2.91. The molecule has 1 aliphatic rings. The predicted octanol–water partition coefficient (Wildman–Crippen LogP) is 2.19. The number of benzene rings is 1. The number of hydrogen-bond acceptors (Lipinski definition) is 5. The topological polar surface area (TPSA) is 95.7 Å². The highest BCUT2D eigenvalue weighted by Gasteiger charge is 2.20. The number of rotatable bonds is 6. The Kier molecular flexibility index (Phi) is 4.74. The van der Waals surface area contributed by atoms with Crippen LogP contribution in [0.5, 0.6) is 0 Å². The molecule has 1 fully saturated rings. The molecule has 1 saturated heterocycles. The number of nitro benzene ring substituents is 1. The van der Waals surface area contributed by atoms with Gasteiger partial charge in [0.1, 0.15) is 5.69 Å². The summed E-state index contributed by atoms with van der Waals surface area (Å²) >= 11 is 0. The first-order valence-corrected chi connectivity index (χ1v) is 6.98. The lowest BCUT2D eigenvalue weighted by Crippen LogP contribution is -2.33. The van der Waals surface area contributed by atoms with Gasteiger partial charge in [-0.3, -0.25) is 10.1 Å². The van der Waals surface area contributed by atoms with Crippen molar-refractivity contribution in [2.75, 3.05) is 25.0 Å². The van der Waals surface area contributed by atoms with E-state index >= 15 is 0 Å². The Morgan fingerprint density at radius 2 is 2.14 bits per heavy atom. The normalized spacial score (nSPS) is 16.6. The van der Waals surface area contributed by atoms with E-state index in [0.717, 1.165) is 25.7 Å². The minimum Gasteiger partial charge on any atom is -0.478 e. The van der Waals surface area contributed by atoms with Gasteiger partial charge in [0.05, 0.1) is 10.5 Å². The molecule has 1 aromatic carbocycles. The van der Waals surface area contributed by atoms with Crippen LogP contribution in [0.2, 0.25) is 0 Å². The van der Waals surface area contributed by atoms with Gasteiger partial charge in [0.25, 0.3) is 5.69 Å². The van der Waals surface area contributed by atoms with Crippen LogP contribution in [0.1, 0.15) is 30.1 Å². The second-order valence-corrected chi connectivity index (χ2v) is 5.35.